The fraction of sp³-hybridized carbons (Fsp3) is 0.133. The molecule has 0 atom stereocenters. The highest BCUT2D eigenvalue weighted by Gasteiger charge is 2.18. The molecule has 0 fully saturated rings. The smallest absolute Gasteiger partial charge is 0.195 e. The molecule has 0 aliphatic heterocycles. The summed E-state index contributed by atoms with van der Waals surface area (Å²) < 4.78 is 12.1. The van der Waals surface area contributed by atoms with Crippen LogP contribution < -0.4 is 9.47 Å². The summed E-state index contributed by atoms with van der Waals surface area (Å²) in [5.41, 5.74) is 1.22. The predicted octanol–water partition coefficient (Wildman–Crippen LogP) is 4.30. The molecular weight excluding hydrogens is 435 g/mol. The Kier molecular flexibility index (Phi) is 5.04. The van der Waals surface area contributed by atoms with Crippen LogP contribution in [0.4, 0.5) is 0 Å². The van der Waals surface area contributed by atoms with Crippen LogP contribution in [0.15, 0.2) is 40.9 Å². The maximum Gasteiger partial charge on any atom is 0.195 e. The van der Waals surface area contributed by atoms with Crippen LogP contribution in [-0.2, 0) is 0 Å². The van der Waals surface area contributed by atoms with E-state index < -0.39 is 0 Å². The number of carbonyl (C=O) groups excluding carboxylic acids is 1. The summed E-state index contributed by atoms with van der Waals surface area (Å²) in [7, 11) is 3.11. The number of hydrogen-bond acceptors (Lipinski definition) is 3. The average Bonchev–Trinajstić information content (AvgIpc) is 2.46. The molecule has 20 heavy (non-hydrogen) atoms. The molecule has 0 N–H and O–H groups in total. The molecule has 2 rings (SSSR count). The molecule has 0 aromatic heterocycles. The van der Waals surface area contributed by atoms with Crippen LogP contribution >= 0.6 is 38.5 Å². The highest BCUT2D eigenvalue weighted by atomic mass is 127. The standard InChI is InChI=1S/C15H12BrIO3/c1-19-13-7-10(11(16)8-14(13)20-2)15(18)9-5-3-4-6-12(9)17/h3-8H,1-2H3. The largest absolute Gasteiger partial charge is 0.493 e. The van der Waals surface area contributed by atoms with Crippen LogP contribution in [0.2, 0.25) is 0 Å². The third-order valence-electron chi connectivity index (χ3n) is 2.84. The van der Waals surface area contributed by atoms with Gasteiger partial charge in [-0.3, -0.25) is 4.79 Å². The van der Waals surface area contributed by atoms with E-state index in [4.69, 9.17) is 9.47 Å². The number of halogens is 2. The number of carbonyl (C=O) groups is 1. The first-order valence-electron chi connectivity index (χ1n) is 5.79. The number of ketones is 1. The first-order valence-corrected chi connectivity index (χ1v) is 7.66. The van der Waals surface area contributed by atoms with Gasteiger partial charge in [0.05, 0.1) is 14.2 Å². The molecule has 0 heterocycles. The molecule has 0 radical (unpaired) electrons. The Morgan fingerprint density at radius 1 is 1.05 bits per heavy atom. The molecule has 0 aliphatic rings. The van der Waals surface area contributed by atoms with Crippen LogP contribution in [0.5, 0.6) is 11.5 Å². The molecule has 0 bridgehead atoms. The SMILES string of the molecule is COc1cc(Br)c(C(=O)c2ccccc2I)cc1OC. The topological polar surface area (TPSA) is 35.5 Å². The second-order valence-electron chi connectivity index (χ2n) is 4.00. The third-order valence-corrected chi connectivity index (χ3v) is 4.43. The first kappa shape index (κ1) is 15.3. The Hall–Kier alpha value is -1.08. The zero-order valence-electron chi connectivity index (χ0n) is 10.9. The van der Waals surface area contributed by atoms with Gasteiger partial charge >= 0.3 is 0 Å². The van der Waals surface area contributed by atoms with Gasteiger partial charge in [-0.15, -0.1) is 0 Å². The maximum absolute atomic E-state index is 12.6. The van der Waals surface area contributed by atoms with E-state index in [-0.39, 0.29) is 5.78 Å². The maximum atomic E-state index is 12.6. The summed E-state index contributed by atoms with van der Waals surface area (Å²) in [4.78, 5) is 12.6. The number of rotatable bonds is 4. The zero-order valence-corrected chi connectivity index (χ0v) is 14.7. The van der Waals surface area contributed by atoms with Gasteiger partial charge in [-0.05, 0) is 62.8 Å². The van der Waals surface area contributed by atoms with Gasteiger partial charge in [0.25, 0.3) is 0 Å². The van der Waals surface area contributed by atoms with E-state index in [0.29, 0.717) is 27.1 Å². The number of ether oxygens (including phenoxy) is 2. The molecule has 2 aromatic rings. The van der Waals surface area contributed by atoms with Crippen LogP contribution in [-0.4, -0.2) is 20.0 Å². The van der Waals surface area contributed by atoms with E-state index in [9.17, 15) is 4.79 Å². The lowest BCUT2D eigenvalue weighted by Crippen LogP contribution is -2.05. The van der Waals surface area contributed by atoms with Crippen molar-refractivity contribution in [2.24, 2.45) is 0 Å². The Morgan fingerprint density at radius 3 is 2.25 bits per heavy atom. The fourth-order valence-corrected chi connectivity index (χ4v) is 2.95. The van der Waals surface area contributed by atoms with Crippen molar-refractivity contribution in [3.8, 4) is 11.5 Å². The van der Waals surface area contributed by atoms with Crippen LogP contribution in [0, 0.1) is 3.57 Å². The normalized spacial score (nSPS) is 10.2. The van der Waals surface area contributed by atoms with Crippen LogP contribution in [0.25, 0.3) is 0 Å². The highest BCUT2D eigenvalue weighted by Crippen LogP contribution is 2.34. The summed E-state index contributed by atoms with van der Waals surface area (Å²) >= 11 is 5.57. The molecule has 0 saturated heterocycles. The molecule has 2 aromatic carbocycles. The van der Waals surface area contributed by atoms with Crippen molar-refractivity contribution < 1.29 is 14.3 Å². The lowest BCUT2D eigenvalue weighted by molar-refractivity contribution is 0.103. The molecule has 0 aliphatic carbocycles. The Labute approximate surface area is 139 Å². The van der Waals surface area contributed by atoms with Gasteiger partial charge in [0.1, 0.15) is 0 Å². The second-order valence-corrected chi connectivity index (χ2v) is 6.01. The van der Waals surface area contributed by atoms with Crippen LogP contribution in [0.1, 0.15) is 15.9 Å². The van der Waals surface area contributed by atoms with Crippen molar-refractivity contribution in [2.75, 3.05) is 14.2 Å². The van der Waals surface area contributed by atoms with Crippen molar-refractivity contribution in [3.63, 3.8) is 0 Å². The average molecular weight is 447 g/mol. The molecule has 0 spiro atoms. The first-order chi connectivity index (χ1) is 9.58. The van der Waals surface area contributed by atoms with Gasteiger partial charge in [0.2, 0.25) is 0 Å². The van der Waals surface area contributed by atoms with Gasteiger partial charge in [-0.25, -0.2) is 0 Å². The molecule has 0 amide bonds. The van der Waals surface area contributed by atoms with E-state index in [2.05, 4.69) is 38.5 Å². The highest BCUT2D eigenvalue weighted by molar-refractivity contribution is 14.1. The molecular formula is C15H12BrIO3. The molecule has 5 heteroatoms. The van der Waals surface area contributed by atoms with Crippen molar-refractivity contribution in [2.45, 2.75) is 0 Å². The van der Waals surface area contributed by atoms with Crippen molar-refractivity contribution >= 4 is 44.3 Å². The lowest BCUT2D eigenvalue weighted by atomic mass is 10.0. The minimum atomic E-state index is -0.0529. The second kappa shape index (κ2) is 6.58. The van der Waals surface area contributed by atoms with Gasteiger partial charge in [-0.1, -0.05) is 12.1 Å². The minimum Gasteiger partial charge on any atom is -0.493 e. The fourth-order valence-electron chi connectivity index (χ4n) is 1.82. The lowest BCUT2D eigenvalue weighted by Gasteiger charge is -2.12. The predicted molar refractivity (Wildman–Crippen MR) is 89.8 cm³/mol. The summed E-state index contributed by atoms with van der Waals surface area (Å²) in [6.45, 7) is 0. The molecule has 104 valence electrons. The number of benzene rings is 2. The van der Waals surface area contributed by atoms with Gasteiger partial charge in [0, 0.05) is 19.2 Å². The van der Waals surface area contributed by atoms with Crippen LogP contribution in [0.3, 0.4) is 0 Å². The van der Waals surface area contributed by atoms with Gasteiger partial charge in [0.15, 0.2) is 17.3 Å². The van der Waals surface area contributed by atoms with Crippen molar-refractivity contribution in [1.29, 1.82) is 0 Å². The van der Waals surface area contributed by atoms with E-state index in [1.165, 1.54) is 0 Å². The summed E-state index contributed by atoms with van der Waals surface area (Å²) in [5, 5.41) is 0. The summed E-state index contributed by atoms with van der Waals surface area (Å²) in [6.07, 6.45) is 0. The molecule has 0 unspecified atom stereocenters. The minimum absolute atomic E-state index is 0.0529. The Bertz CT molecular complexity index is 656. The number of hydrogen-bond donors (Lipinski definition) is 0. The Morgan fingerprint density at radius 2 is 1.65 bits per heavy atom. The van der Waals surface area contributed by atoms with E-state index in [1.54, 1.807) is 26.4 Å². The van der Waals surface area contributed by atoms with Crippen molar-refractivity contribution in [1.82, 2.24) is 0 Å². The quantitative estimate of drug-likeness (QED) is 0.518. The monoisotopic (exact) mass is 446 g/mol. The van der Waals surface area contributed by atoms with E-state index >= 15 is 0 Å². The van der Waals surface area contributed by atoms with Crippen molar-refractivity contribution in [3.05, 3.63) is 55.6 Å². The van der Waals surface area contributed by atoms with Gasteiger partial charge in [-0.2, -0.15) is 0 Å². The van der Waals surface area contributed by atoms with Gasteiger partial charge < -0.3 is 9.47 Å². The zero-order chi connectivity index (χ0) is 14.7. The third kappa shape index (κ3) is 2.98. The Balaban J connectivity index is 2.53. The molecule has 0 saturated carbocycles. The molecule has 3 nitrogen and oxygen atoms in total. The van der Waals surface area contributed by atoms with E-state index in [0.717, 1.165) is 3.57 Å². The summed E-state index contributed by atoms with van der Waals surface area (Å²) in [6, 6.07) is 10.9. The number of methoxy groups -OCH3 is 2. The van der Waals surface area contributed by atoms with E-state index in [1.807, 2.05) is 24.3 Å². The summed E-state index contributed by atoms with van der Waals surface area (Å²) in [5.74, 6) is 1.06.